The number of hydrogen-bond donors (Lipinski definition) is 1. The van der Waals surface area contributed by atoms with Crippen LogP contribution in [0.1, 0.15) is 25.3 Å². The van der Waals surface area contributed by atoms with Gasteiger partial charge in [-0.2, -0.15) is 0 Å². The van der Waals surface area contributed by atoms with Crippen LogP contribution in [0.3, 0.4) is 0 Å². The van der Waals surface area contributed by atoms with E-state index in [1.807, 2.05) is 0 Å². The molecule has 0 fully saturated rings. The van der Waals surface area contributed by atoms with Crippen LogP contribution < -0.4 is 15.2 Å². The van der Waals surface area contributed by atoms with Gasteiger partial charge < -0.3 is 15.2 Å². The number of halogens is 1. The highest BCUT2D eigenvalue weighted by atomic mass is 35.5. The van der Waals surface area contributed by atoms with Gasteiger partial charge in [-0.25, -0.2) is 0 Å². The summed E-state index contributed by atoms with van der Waals surface area (Å²) in [5, 5.41) is 0. The molecule has 19 heavy (non-hydrogen) atoms. The molecule has 5 heteroatoms. The third-order valence-electron chi connectivity index (χ3n) is 2.70. The van der Waals surface area contributed by atoms with Gasteiger partial charge in [0.15, 0.2) is 0 Å². The molecule has 110 valence electrons. The summed E-state index contributed by atoms with van der Waals surface area (Å²) in [5.74, 6) is 2.86. The fourth-order valence-corrected chi connectivity index (χ4v) is 2.91. The number of hydrogen-bond acceptors (Lipinski definition) is 4. The highest BCUT2D eigenvalue weighted by Crippen LogP contribution is 2.39. The molecule has 0 heterocycles. The van der Waals surface area contributed by atoms with E-state index in [2.05, 4.69) is 19.1 Å². The molecule has 1 rings (SSSR count). The van der Waals surface area contributed by atoms with E-state index in [9.17, 15) is 0 Å². The molecular formula is C14H24ClNO2S. The van der Waals surface area contributed by atoms with E-state index in [1.165, 1.54) is 12.8 Å². The van der Waals surface area contributed by atoms with E-state index >= 15 is 0 Å². The summed E-state index contributed by atoms with van der Waals surface area (Å²) in [5.41, 5.74) is 6.75. The molecule has 3 nitrogen and oxygen atoms in total. The van der Waals surface area contributed by atoms with Crippen molar-refractivity contribution >= 4 is 24.2 Å². The van der Waals surface area contributed by atoms with E-state index < -0.39 is 0 Å². The van der Waals surface area contributed by atoms with Crippen LogP contribution in [-0.2, 0) is 6.42 Å². The summed E-state index contributed by atoms with van der Waals surface area (Å²) in [6, 6.07) is 4.12. The Balaban J connectivity index is 0.00000324. The molecule has 2 N–H and O–H groups in total. The molecule has 0 aliphatic heterocycles. The first-order chi connectivity index (χ1) is 8.76. The lowest BCUT2D eigenvalue weighted by Gasteiger charge is -2.14. The van der Waals surface area contributed by atoms with Crippen LogP contribution in [0.2, 0.25) is 0 Å². The van der Waals surface area contributed by atoms with Crippen LogP contribution in [0.25, 0.3) is 0 Å². The second-order valence-corrected chi connectivity index (χ2v) is 5.18. The molecular weight excluding hydrogens is 282 g/mol. The van der Waals surface area contributed by atoms with Gasteiger partial charge >= 0.3 is 0 Å². The van der Waals surface area contributed by atoms with Gasteiger partial charge in [0, 0.05) is 0 Å². The molecule has 0 aromatic heterocycles. The van der Waals surface area contributed by atoms with Crippen LogP contribution in [-0.4, -0.2) is 26.5 Å². The number of rotatable bonds is 8. The Kier molecular flexibility index (Phi) is 9.92. The van der Waals surface area contributed by atoms with Gasteiger partial charge in [-0.3, -0.25) is 0 Å². The number of ether oxygens (including phenoxy) is 2. The van der Waals surface area contributed by atoms with E-state index in [-0.39, 0.29) is 12.4 Å². The van der Waals surface area contributed by atoms with Crippen molar-refractivity contribution in [2.24, 2.45) is 5.73 Å². The Bertz CT molecular complexity index is 349. The second-order valence-electron chi connectivity index (χ2n) is 4.07. The summed E-state index contributed by atoms with van der Waals surface area (Å²) in [6.45, 7) is 2.83. The molecule has 1 aromatic carbocycles. The second kappa shape index (κ2) is 10.2. The lowest BCUT2D eigenvalue weighted by Crippen LogP contribution is -2.04. The first-order valence-electron chi connectivity index (χ1n) is 6.34. The van der Waals surface area contributed by atoms with Gasteiger partial charge in [-0.05, 0) is 42.8 Å². The van der Waals surface area contributed by atoms with Crippen molar-refractivity contribution in [2.75, 3.05) is 26.5 Å². The molecule has 0 unspecified atom stereocenters. The summed E-state index contributed by atoms with van der Waals surface area (Å²) >= 11 is 1.79. The molecule has 0 spiro atoms. The third-order valence-corrected chi connectivity index (χ3v) is 3.88. The molecule has 0 aliphatic rings. The molecule has 0 amide bonds. The van der Waals surface area contributed by atoms with Crippen molar-refractivity contribution in [3.05, 3.63) is 17.7 Å². The summed E-state index contributed by atoms with van der Waals surface area (Å²) < 4.78 is 10.9. The number of unbranched alkanes of at least 4 members (excludes halogenated alkanes) is 1. The number of methoxy groups -OCH3 is 2. The molecule has 0 aliphatic carbocycles. The number of thioether (sulfide) groups is 1. The SMILES string of the molecule is CCCCSc1c(OC)cc(CCN)cc1OC.Cl. The number of nitrogens with two attached hydrogens (primary N) is 1. The monoisotopic (exact) mass is 305 g/mol. The zero-order valence-electron chi connectivity index (χ0n) is 11.9. The highest BCUT2D eigenvalue weighted by Gasteiger charge is 2.12. The predicted molar refractivity (Wildman–Crippen MR) is 85.2 cm³/mol. The average Bonchev–Trinajstić information content (AvgIpc) is 2.40. The van der Waals surface area contributed by atoms with E-state index in [0.29, 0.717) is 6.54 Å². The maximum absolute atomic E-state index is 5.59. The lowest BCUT2D eigenvalue weighted by atomic mass is 10.1. The molecule has 0 radical (unpaired) electrons. The van der Waals surface area contributed by atoms with Crippen LogP contribution in [0.4, 0.5) is 0 Å². The zero-order valence-corrected chi connectivity index (χ0v) is 13.5. The van der Waals surface area contributed by atoms with Gasteiger partial charge in [0.25, 0.3) is 0 Å². The van der Waals surface area contributed by atoms with Crippen molar-refractivity contribution in [1.82, 2.24) is 0 Å². The molecule has 0 saturated carbocycles. The standard InChI is InChI=1S/C14H23NO2S.ClH/c1-4-5-8-18-14-12(16-2)9-11(6-7-15)10-13(14)17-3;/h9-10H,4-8,15H2,1-3H3;1H. The zero-order chi connectivity index (χ0) is 13.4. The van der Waals surface area contributed by atoms with Gasteiger partial charge in [0.1, 0.15) is 11.5 Å². The molecule has 0 bridgehead atoms. The highest BCUT2D eigenvalue weighted by molar-refractivity contribution is 7.99. The summed E-state index contributed by atoms with van der Waals surface area (Å²) in [6.07, 6.45) is 3.23. The molecule has 0 atom stereocenters. The Labute approximate surface area is 126 Å². The van der Waals surface area contributed by atoms with Crippen molar-refractivity contribution in [3.8, 4) is 11.5 Å². The Morgan fingerprint density at radius 2 is 1.74 bits per heavy atom. The molecule has 1 aromatic rings. The minimum absolute atomic E-state index is 0. The Morgan fingerprint density at radius 3 is 2.16 bits per heavy atom. The van der Waals surface area contributed by atoms with Gasteiger partial charge in [0.05, 0.1) is 19.1 Å². The van der Waals surface area contributed by atoms with Crippen LogP contribution >= 0.6 is 24.2 Å². The average molecular weight is 306 g/mol. The number of benzene rings is 1. The molecule has 0 saturated heterocycles. The smallest absolute Gasteiger partial charge is 0.136 e. The first kappa shape index (κ1) is 18.4. The predicted octanol–water partition coefficient (Wildman–Crippen LogP) is 3.52. The van der Waals surface area contributed by atoms with Crippen LogP contribution in [0.5, 0.6) is 11.5 Å². The van der Waals surface area contributed by atoms with Crippen molar-refractivity contribution in [3.63, 3.8) is 0 Å². The lowest BCUT2D eigenvalue weighted by molar-refractivity contribution is 0.375. The maximum atomic E-state index is 5.59. The van der Waals surface area contributed by atoms with Crippen molar-refractivity contribution in [2.45, 2.75) is 31.1 Å². The largest absolute Gasteiger partial charge is 0.495 e. The van der Waals surface area contributed by atoms with E-state index in [4.69, 9.17) is 15.2 Å². The van der Waals surface area contributed by atoms with Crippen LogP contribution in [0.15, 0.2) is 17.0 Å². The van der Waals surface area contributed by atoms with Crippen molar-refractivity contribution in [1.29, 1.82) is 0 Å². The Hall–Kier alpha value is -0.580. The topological polar surface area (TPSA) is 44.5 Å². The van der Waals surface area contributed by atoms with Gasteiger partial charge in [0.2, 0.25) is 0 Å². The Morgan fingerprint density at radius 1 is 1.16 bits per heavy atom. The minimum Gasteiger partial charge on any atom is -0.495 e. The summed E-state index contributed by atoms with van der Waals surface area (Å²) in [4.78, 5) is 1.09. The maximum Gasteiger partial charge on any atom is 0.136 e. The van der Waals surface area contributed by atoms with E-state index in [0.717, 1.165) is 34.1 Å². The van der Waals surface area contributed by atoms with Crippen LogP contribution in [0, 0.1) is 0 Å². The van der Waals surface area contributed by atoms with Gasteiger partial charge in [-0.15, -0.1) is 24.2 Å². The quantitative estimate of drug-likeness (QED) is 0.589. The fourth-order valence-electron chi connectivity index (χ4n) is 1.71. The first-order valence-corrected chi connectivity index (χ1v) is 7.33. The third kappa shape index (κ3) is 5.51. The van der Waals surface area contributed by atoms with E-state index in [1.54, 1.807) is 26.0 Å². The minimum atomic E-state index is 0. The summed E-state index contributed by atoms with van der Waals surface area (Å²) in [7, 11) is 3.40. The fraction of sp³-hybridized carbons (Fsp3) is 0.571. The normalized spacial score (nSPS) is 9.89. The van der Waals surface area contributed by atoms with Gasteiger partial charge in [-0.1, -0.05) is 13.3 Å². The van der Waals surface area contributed by atoms with Crippen molar-refractivity contribution < 1.29 is 9.47 Å².